The Morgan fingerprint density at radius 3 is 2.62 bits per heavy atom. The number of hydrogen-bond donors (Lipinski definition) is 1. The molecule has 1 N–H and O–H groups in total. The molecule has 1 saturated heterocycles. The lowest BCUT2D eigenvalue weighted by atomic mass is 10.1. The number of benzene rings is 2. The van der Waals surface area contributed by atoms with Crippen molar-refractivity contribution in [2.45, 2.75) is 0 Å². The van der Waals surface area contributed by atoms with E-state index in [1.165, 1.54) is 44.6 Å². The Hall–Kier alpha value is -3.31. The summed E-state index contributed by atoms with van der Waals surface area (Å²) in [6.45, 7) is -0.345. The number of methoxy groups -OCH3 is 2. The summed E-state index contributed by atoms with van der Waals surface area (Å²) in [5.41, 5.74) is 0.0525. The summed E-state index contributed by atoms with van der Waals surface area (Å²) in [5, 5.41) is 2.16. The number of amides is 2. The molecule has 1 aliphatic rings. The molecule has 0 unspecified atom stereocenters. The van der Waals surface area contributed by atoms with Gasteiger partial charge in [0.1, 0.15) is 11.4 Å². The van der Waals surface area contributed by atoms with E-state index in [0.29, 0.717) is 10.0 Å². The maximum atomic E-state index is 14.3. The van der Waals surface area contributed by atoms with Gasteiger partial charge in [0.2, 0.25) is 0 Å². The molecule has 0 saturated carbocycles. The zero-order valence-electron chi connectivity index (χ0n) is 16.8. The maximum absolute atomic E-state index is 14.3. The van der Waals surface area contributed by atoms with Gasteiger partial charge in [0.15, 0.2) is 23.2 Å². The first kappa shape index (κ1) is 23.4. The second-order valence-corrected chi connectivity index (χ2v) is 7.55. The van der Waals surface area contributed by atoms with Crippen LogP contribution in [0.2, 0.25) is 0 Å². The molecule has 0 bridgehead atoms. The zero-order valence-corrected chi connectivity index (χ0v) is 19.2. The van der Waals surface area contributed by atoms with Gasteiger partial charge in [-0.3, -0.25) is 14.9 Å². The van der Waals surface area contributed by atoms with E-state index < -0.39 is 23.6 Å². The molecule has 0 radical (unpaired) electrons. The minimum Gasteiger partial charge on any atom is -0.493 e. The van der Waals surface area contributed by atoms with Crippen LogP contribution in [0.15, 0.2) is 46.4 Å². The average molecular weight is 523 g/mol. The van der Waals surface area contributed by atoms with Crippen LogP contribution in [-0.2, 0) is 19.1 Å². The van der Waals surface area contributed by atoms with Crippen LogP contribution < -0.4 is 19.7 Å². The smallest absolute Gasteiger partial charge is 0.343 e. The number of thiocarbonyl (C=S) groups is 1. The molecule has 2 aromatic carbocycles. The number of anilines is 1. The Labute approximate surface area is 196 Å². The van der Waals surface area contributed by atoms with E-state index in [2.05, 4.69) is 26.0 Å². The predicted octanol–water partition coefficient (Wildman–Crippen LogP) is 2.98. The number of ether oxygens (including phenoxy) is 3. The lowest BCUT2D eigenvalue weighted by molar-refractivity contribution is -0.143. The standard InChI is InChI=1S/C21H16BrFN2O6S/c1-29-16-9-11(8-13(22)18(16)31-10-17(26)30-2)7-12-19(27)24-21(32)25(20(12)28)15-6-4-3-5-14(15)23/h3-9H,10H2,1-2H3,(H,24,27,32)/b12-7+. The summed E-state index contributed by atoms with van der Waals surface area (Å²) in [5.74, 6) is -2.30. The third-order valence-corrected chi connectivity index (χ3v) is 5.19. The lowest BCUT2D eigenvalue weighted by Crippen LogP contribution is -2.54. The second kappa shape index (κ2) is 9.88. The highest BCUT2D eigenvalue weighted by molar-refractivity contribution is 9.10. The van der Waals surface area contributed by atoms with Crippen LogP contribution >= 0.6 is 28.1 Å². The van der Waals surface area contributed by atoms with Gasteiger partial charge < -0.3 is 14.2 Å². The lowest BCUT2D eigenvalue weighted by Gasteiger charge is -2.29. The summed E-state index contributed by atoms with van der Waals surface area (Å²) in [7, 11) is 2.62. The van der Waals surface area contributed by atoms with E-state index in [1.54, 1.807) is 12.1 Å². The van der Waals surface area contributed by atoms with Gasteiger partial charge in [-0.25, -0.2) is 14.1 Å². The van der Waals surface area contributed by atoms with Crippen molar-refractivity contribution < 1.29 is 33.0 Å². The van der Waals surface area contributed by atoms with Crippen LogP contribution in [0.4, 0.5) is 10.1 Å². The second-order valence-electron chi connectivity index (χ2n) is 6.31. The fraction of sp³-hybridized carbons (Fsp3) is 0.143. The Bertz CT molecular complexity index is 1150. The maximum Gasteiger partial charge on any atom is 0.343 e. The number of hydrogen-bond acceptors (Lipinski definition) is 7. The van der Waals surface area contributed by atoms with Gasteiger partial charge in [0.05, 0.1) is 24.4 Å². The molecule has 1 fully saturated rings. The van der Waals surface area contributed by atoms with Crippen LogP contribution in [0.5, 0.6) is 11.5 Å². The van der Waals surface area contributed by atoms with Crippen molar-refractivity contribution in [1.82, 2.24) is 5.32 Å². The van der Waals surface area contributed by atoms with Crippen molar-refractivity contribution in [1.29, 1.82) is 0 Å². The normalized spacial score (nSPS) is 14.9. The van der Waals surface area contributed by atoms with Crippen LogP contribution in [0, 0.1) is 5.82 Å². The molecule has 166 valence electrons. The summed E-state index contributed by atoms with van der Waals surface area (Å²) in [6, 6.07) is 8.64. The van der Waals surface area contributed by atoms with Crippen molar-refractivity contribution in [3.05, 3.63) is 57.8 Å². The van der Waals surface area contributed by atoms with E-state index in [9.17, 15) is 18.8 Å². The van der Waals surface area contributed by atoms with Crippen LogP contribution in [0.1, 0.15) is 5.56 Å². The summed E-state index contributed by atoms with van der Waals surface area (Å²) in [4.78, 5) is 37.8. The molecule has 0 aliphatic carbocycles. The number of rotatable bonds is 6. The van der Waals surface area contributed by atoms with E-state index in [0.717, 1.165) is 4.90 Å². The minimum atomic E-state index is -0.787. The molecule has 32 heavy (non-hydrogen) atoms. The van der Waals surface area contributed by atoms with Gasteiger partial charge in [-0.1, -0.05) is 12.1 Å². The summed E-state index contributed by atoms with van der Waals surface area (Å²) in [6.07, 6.45) is 1.31. The summed E-state index contributed by atoms with van der Waals surface area (Å²) < 4.78 is 29.9. The highest BCUT2D eigenvalue weighted by Gasteiger charge is 2.35. The van der Waals surface area contributed by atoms with Crippen molar-refractivity contribution >= 4 is 62.8 Å². The molecule has 3 rings (SSSR count). The number of nitrogens with one attached hydrogen (secondary N) is 1. The van der Waals surface area contributed by atoms with Gasteiger partial charge in [0, 0.05) is 0 Å². The van der Waals surface area contributed by atoms with Gasteiger partial charge >= 0.3 is 5.97 Å². The van der Waals surface area contributed by atoms with Crippen LogP contribution in [-0.4, -0.2) is 43.7 Å². The Morgan fingerprint density at radius 1 is 1.25 bits per heavy atom. The number of esters is 1. The quantitative estimate of drug-likeness (QED) is 0.269. The topological polar surface area (TPSA) is 94.2 Å². The van der Waals surface area contributed by atoms with Crippen LogP contribution in [0.3, 0.4) is 0 Å². The van der Waals surface area contributed by atoms with Crippen molar-refractivity contribution in [3.63, 3.8) is 0 Å². The molecule has 2 aromatic rings. The SMILES string of the molecule is COC(=O)COc1c(Br)cc(/C=C2\C(=O)NC(=S)N(c3ccccc3F)C2=O)cc1OC. The molecule has 0 spiro atoms. The number of halogens is 2. The molecule has 11 heteroatoms. The van der Waals surface area contributed by atoms with E-state index in [4.69, 9.17) is 21.7 Å². The van der Waals surface area contributed by atoms with E-state index >= 15 is 0 Å². The van der Waals surface area contributed by atoms with E-state index in [-0.39, 0.29) is 34.5 Å². The summed E-state index contributed by atoms with van der Waals surface area (Å²) >= 11 is 8.40. The fourth-order valence-corrected chi connectivity index (χ4v) is 3.68. The molecule has 0 aromatic heterocycles. The first-order valence-corrected chi connectivity index (χ1v) is 10.2. The van der Waals surface area contributed by atoms with Crippen LogP contribution in [0.25, 0.3) is 6.08 Å². The number of carbonyl (C=O) groups excluding carboxylic acids is 3. The molecular formula is C21H16BrFN2O6S. The van der Waals surface area contributed by atoms with Gasteiger partial charge in [-0.2, -0.15) is 0 Å². The fourth-order valence-electron chi connectivity index (χ4n) is 2.83. The zero-order chi connectivity index (χ0) is 23.4. The first-order chi connectivity index (χ1) is 15.3. The van der Waals surface area contributed by atoms with Gasteiger partial charge in [-0.15, -0.1) is 0 Å². The van der Waals surface area contributed by atoms with Crippen molar-refractivity contribution in [3.8, 4) is 11.5 Å². The van der Waals surface area contributed by atoms with Gasteiger partial charge in [-0.05, 0) is 64.1 Å². The molecular weight excluding hydrogens is 507 g/mol. The largest absolute Gasteiger partial charge is 0.493 e. The Kier molecular flexibility index (Phi) is 7.21. The number of para-hydroxylation sites is 1. The highest BCUT2D eigenvalue weighted by Crippen LogP contribution is 2.37. The first-order valence-electron chi connectivity index (χ1n) is 9.00. The Morgan fingerprint density at radius 2 is 1.97 bits per heavy atom. The third-order valence-electron chi connectivity index (χ3n) is 4.32. The molecule has 1 heterocycles. The van der Waals surface area contributed by atoms with E-state index in [1.807, 2.05) is 0 Å². The monoisotopic (exact) mass is 522 g/mol. The number of carbonyl (C=O) groups is 3. The van der Waals surface area contributed by atoms with Gasteiger partial charge in [0.25, 0.3) is 11.8 Å². The van der Waals surface area contributed by atoms with Crippen molar-refractivity contribution in [2.24, 2.45) is 0 Å². The third kappa shape index (κ3) is 4.78. The van der Waals surface area contributed by atoms with Crippen molar-refractivity contribution in [2.75, 3.05) is 25.7 Å². The molecule has 0 atom stereocenters. The minimum absolute atomic E-state index is 0.0845. The Balaban J connectivity index is 1.99. The molecule has 1 aliphatic heterocycles. The molecule has 2 amide bonds. The average Bonchev–Trinajstić information content (AvgIpc) is 2.76. The number of nitrogens with zero attached hydrogens (tertiary/aromatic N) is 1. The molecule has 8 nitrogen and oxygen atoms in total. The highest BCUT2D eigenvalue weighted by atomic mass is 79.9. The predicted molar refractivity (Wildman–Crippen MR) is 121 cm³/mol.